The summed E-state index contributed by atoms with van der Waals surface area (Å²) in [6.07, 6.45) is 8.49. The van der Waals surface area contributed by atoms with Gasteiger partial charge in [0, 0.05) is 24.7 Å². The number of aryl methyl sites for hydroxylation is 1. The molecule has 1 saturated heterocycles. The third kappa shape index (κ3) is 2.74. The molecule has 0 bridgehead atoms. The highest BCUT2D eigenvalue weighted by Gasteiger charge is 2.37. The molecule has 0 amide bonds. The Morgan fingerprint density at radius 2 is 1.84 bits per heavy atom. The Balaban J connectivity index is 1.72. The molecule has 2 aliphatic rings. The largest absolute Gasteiger partial charge is 0.357 e. The predicted octanol–water partition coefficient (Wildman–Crippen LogP) is 4.29. The fraction of sp³-hybridized carbons (Fsp3) is 0.688. The zero-order valence-electron chi connectivity index (χ0n) is 11.8. The topological polar surface area (TPSA) is 16.1 Å². The molecule has 1 aromatic rings. The summed E-state index contributed by atoms with van der Waals surface area (Å²) in [6.45, 7) is 4.39. The van der Waals surface area contributed by atoms with Crippen LogP contribution in [0, 0.1) is 12.3 Å². The van der Waals surface area contributed by atoms with E-state index in [0.29, 0.717) is 11.3 Å². The Labute approximate surface area is 121 Å². The van der Waals surface area contributed by atoms with Gasteiger partial charge < -0.3 is 4.90 Å². The van der Waals surface area contributed by atoms with Gasteiger partial charge >= 0.3 is 0 Å². The molecule has 2 heterocycles. The minimum absolute atomic E-state index is 0.578. The molecule has 1 aliphatic carbocycles. The zero-order valence-corrected chi connectivity index (χ0v) is 12.5. The van der Waals surface area contributed by atoms with Crippen molar-refractivity contribution in [2.45, 2.75) is 51.3 Å². The third-order valence-corrected chi connectivity index (χ3v) is 5.27. The van der Waals surface area contributed by atoms with Crippen LogP contribution in [0.15, 0.2) is 12.1 Å². The van der Waals surface area contributed by atoms with Gasteiger partial charge in [-0.1, -0.05) is 12.8 Å². The molecule has 0 radical (unpaired) electrons. The normalized spacial score (nSPS) is 22.1. The fourth-order valence-electron chi connectivity index (χ4n) is 3.80. The molecule has 3 heteroatoms. The second-order valence-corrected chi connectivity index (χ2v) is 6.57. The van der Waals surface area contributed by atoms with Crippen LogP contribution in [0.4, 0.5) is 5.82 Å². The van der Waals surface area contributed by atoms with Gasteiger partial charge in [0.25, 0.3) is 0 Å². The Kier molecular flexibility index (Phi) is 3.70. The highest BCUT2D eigenvalue weighted by molar-refractivity contribution is 6.17. The first-order valence-electron chi connectivity index (χ1n) is 7.49. The van der Waals surface area contributed by atoms with Crippen molar-refractivity contribution in [3.8, 4) is 0 Å². The highest BCUT2D eigenvalue weighted by atomic mass is 35.5. The molecule has 3 rings (SSSR count). The smallest absolute Gasteiger partial charge is 0.129 e. The lowest BCUT2D eigenvalue weighted by molar-refractivity contribution is 0.226. The summed E-state index contributed by atoms with van der Waals surface area (Å²) in [5.41, 5.74) is 2.94. The van der Waals surface area contributed by atoms with Crippen molar-refractivity contribution in [3.05, 3.63) is 23.4 Å². The number of alkyl halides is 1. The first kappa shape index (κ1) is 13.2. The summed E-state index contributed by atoms with van der Waals surface area (Å²) >= 11 is 5.96. The van der Waals surface area contributed by atoms with Gasteiger partial charge in [0.2, 0.25) is 0 Å². The van der Waals surface area contributed by atoms with Crippen LogP contribution >= 0.6 is 11.6 Å². The van der Waals surface area contributed by atoms with Gasteiger partial charge in [-0.2, -0.15) is 0 Å². The van der Waals surface area contributed by atoms with Crippen LogP contribution in [0.1, 0.15) is 49.8 Å². The standard InChI is InChI=1S/C16H23ClN2/c1-13-10-14(12-17)11-15(18-13)19-8-6-16(7-9-19)4-2-3-5-16/h10-11H,2-9,12H2,1H3. The molecule has 2 nitrogen and oxygen atoms in total. The van der Waals surface area contributed by atoms with Gasteiger partial charge in [-0.05, 0) is 55.7 Å². The van der Waals surface area contributed by atoms with Gasteiger partial charge in [-0.25, -0.2) is 4.98 Å². The lowest BCUT2D eigenvalue weighted by Crippen LogP contribution is -2.39. The van der Waals surface area contributed by atoms with Crippen LogP contribution in [0.2, 0.25) is 0 Å². The van der Waals surface area contributed by atoms with Crippen molar-refractivity contribution in [2.24, 2.45) is 5.41 Å². The number of piperidine rings is 1. The van der Waals surface area contributed by atoms with E-state index in [4.69, 9.17) is 11.6 Å². The van der Waals surface area contributed by atoms with Gasteiger partial charge in [0.15, 0.2) is 0 Å². The second kappa shape index (κ2) is 5.32. The fourth-order valence-corrected chi connectivity index (χ4v) is 3.95. The van der Waals surface area contributed by atoms with Crippen LogP contribution in [0.3, 0.4) is 0 Å². The van der Waals surface area contributed by atoms with Crippen LogP contribution in [0.5, 0.6) is 0 Å². The van der Waals surface area contributed by atoms with Crippen molar-refractivity contribution < 1.29 is 0 Å². The average molecular weight is 279 g/mol. The van der Waals surface area contributed by atoms with E-state index >= 15 is 0 Å². The van der Waals surface area contributed by atoms with Gasteiger partial charge in [0.1, 0.15) is 5.82 Å². The van der Waals surface area contributed by atoms with Crippen LogP contribution in [0.25, 0.3) is 0 Å². The van der Waals surface area contributed by atoms with E-state index in [0.717, 1.165) is 24.6 Å². The number of halogens is 1. The summed E-state index contributed by atoms with van der Waals surface area (Å²) < 4.78 is 0. The Morgan fingerprint density at radius 1 is 1.16 bits per heavy atom. The van der Waals surface area contributed by atoms with Gasteiger partial charge in [-0.3, -0.25) is 0 Å². The Hall–Kier alpha value is -0.760. The summed E-state index contributed by atoms with van der Waals surface area (Å²) in [7, 11) is 0. The average Bonchev–Trinajstić information content (AvgIpc) is 2.87. The van der Waals surface area contributed by atoms with E-state index in [1.807, 2.05) is 0 Å². The molecule has 104 valence electrons. The third-order valence-electron chi connectivity index (χ3n) is 4.97. The number of rotatable bonds is 2. The number of hydrogen-bond donors (Lipinski definition) is 0. The van der Waals surface area contributed by atoms with Crippen molar-refractivity contribution >= 4 is 17.4 Å². The summed E-state index contributed by atoms with van der Waals surface area (Å²) in [6, 6.07) is 4.24. The minimum atomic E-state index is 0.578. The van der Waals surface area contributed by atoms with Crippen molar-refractivity contribution in [3.63, 3.8) is 0 Å². The molecule has 1 aromatic heterocycles. The quantitative estimate of drug-likeness (QED) is 0.750. The van der Waals surface area contributed by atoms with E-state index in [9.17, 15) is 0 Å². The zero-order chi connectivity index (χ0) is 13.3. The lowest BCUT2D eigenvalue weighted by atomic mass is 9.77. The molecule has 0 aromatic carbocycles. The first-order chi connectivity index (χ1) is 9.21. The highest BCUT2D eigenvalue weighted by Crippen LogP contribution is 2.46. The number of hydrogen-bond acceptors (Lipinski definition) is 2. The van der Waals surface area contributed by atoms with Crippen LogP contribution < -0.4 is 4.90 Å². The first-order valence-corrected chi connectivity index (χ1v) is 8.03. The van der Waals surface area contributed by atoms with Crippen LogP contribution in [-0.2, 0) is 5.88 Å². The van der Waals surface area contributed by atoms with E-state index in [1.165, 1.54) is 44.1 Å². The van der Waals surface area contributed by atoms with Crippen molar-refractivity contribution in [1.29, 1.82) is 0 Å². The molecule has 1 spiro atoms. The molecule has 1 aliphatic heterocycles. The monoisotopic (exact) mass is 278 g/mol. The summed E-state index contributed by atoms with van der Waals surface area (Å²) in [5, 5.41) is 0. The maximum absolute atomic E-state index is 5.96. The van der Waals surface area contributed by atoms with Gasteiger partial charge in [0.05, 0.1) is 0 Å². The summed E-state index contributed by atoms with van der Waals surface area (Å²) in [5.74, 6) is 1.71. The van der Waals surface area contributed by atoms with E-state index in [-0.39, 0.29) is 0 Å². The number of anilines is 1. The van der Waals surface area contributed by atoms with Crippen molar-refractivity contribution in [2.75, 3.05) is 18.0 Å². The summed E-state index contributed by atoms with van der Waals surface area (Å²) in [4.78, 5) is 7.14. The van der Waals surface area contributed by atoms with Gasteiger partial charge in [-0.15, -0.1) is 11.6 Å². The molecule has 0 unspecified atom stereocenters. The SMILES string of the molecule is Cc1cc(CCl)cc(N2CCC3(CCCC3)CC2)n1. The molecular weight excluding hydrogens is 256 g/mol. The van der Waals surface area contributed by atoms with E-state index < -0.39 is 0 Å². The molecule has 0 atom stereocenters. The maximum Gasteiger partial charge on any atom is 0.129 e. The maximum atomic E-state index is 5.96. The predicted molar refractivity (Wildman–Crippen MR) is 80.9 cm³/mol. The van der Waals surface area contributed by atoms with Crippen molar-refractivity contribution in [1.82, 2.24) is 4.98 Å². The van der Waals surface area contributed by atoms with E-state index in [2.05, 4.69) is 28.9 Å². The Bertz CT molecular complexity index is 442. The molecule has 2 fully saturated rings. The number of pyridine rings is 1. The minimum Gasteiger partial charge on any atom is -0.357 e. The Morgan fingerprint density at radius 3 is 2.47 bits per heavy atom. The van der Waals surface area contributed by atoms with E-state index in [1.54, 1.807) is 0 Å². The molecule has 1 saturated carbocycles. The molecule has 0 N–H and O–H groups in total. The second-order valence-electron chi connectivity index (χ2n) is 6.30. The number of aromatic nitrogens is 1. The lowest BCUT2D eigenvalue weighted by Gasteiger charge is -2.40. The molecular formula is C16H23ClN2. The molecule has 19 heavy (non-hydrogen) atoms. The van der Waals surface area contributed by atoms with Crippen LogP contribution in [-0.4, -0.2) is 18.1 Å². The number of nitrogens with zero attached hydrogens (tertiary/aromatic N) is 2.